The monoisotopic (exact) mass is 453 g/mol. The van der Waals surface area contributed by atoms with Crippen LogP contribution in [0.1, 0.15) is 27.0 Å². The first-order chi connectivity index (χ1) is 13.6. The van der Waals surface area contributed by atoms with Gasteiger partial charge in [-0.05, 0) is 65.2 Å². The Balaban J connectivity index is 1.42. The molecular formula is C22H17BrClN3O. The van der Waals surface area contributed by atoms with E-state index < -0.39 is 0 Å². The number of halogens is 2. The molecule has 0 atom stereocenters. The molecule has 0 bridgehead atoms. The molecule has 0 saturated heterocycles. The smallest absolute Gasteiger partial charge is 0.271 e. The summed E-state index contributed by atoms with van der Waals surface area (Å²) in [6, 6.07) is 21.3. The normalized spacial score (nSPS) is 13.0. The summed E-state index contributed by atoms with van der Waals surface area (Å²) in [7, 11) is 0. The second-order valence-corrected chi connectivity index (χ2v) is 7.92. The molecule has 4 nitrogen and oxygen atoms in total. The van der Waals surface area contributed by atoms with Crippen molar-refractivity contribution in [3.63, 3.8) is 0 Å². The lowest BCUT2D eigenvalue weighted by molar-refractivity contribution is 0.0955. The number of carbonyl (C=O) groups excluding carboxylic acids is 1. The summed E-state index contributed by atoms with van der Waals surface area (Å²) in [5.74, 6) is -0.227. The van der Waals surface area contributed by atoms with Gasteiger partial charge in [0, 0.05) is 33.8 Å². The topological polar surface area (TPSA) is 44.7 Å². The van der Waals surface area contributed by atoms with Crippen LogP contribution in [0.5, 0.6) is 0 Å². The van der Waals surface area contributed by atoms with Gasteiger partial charge < -0.3 is 4.90 Å². The van der Waals surface area contributed by atoms with Crippen molar-refractivity contribution in [1.29, 1.82) is 0 Å². The van der Waals surface area contributed by atoms with Gasteiger partial charge in [-0.15, -0.1) is 0 Å². The Kier molecular flexibility index (Phi) is 5.46. The fourth-order valence-corrected chi connectivity index (χ4v) is 3.54. The van der Waals surface area contributed by atoms with Crippen molar-refractivity contribution >= 4 is 45.3 Å². The summed E-state index contributed by atoms with van der Waals surface area (Å²) >= 11 is 9.33. The molecule has 3 aromatic rings. The van der Waals surface area contributed by atoms with Crippen molar-refractivity contribution in [3.05, 3.63) is 98.5 Å². The number of hydrazone groups is 1. The zero-order valence-corrected chi connectivity index (χ0v) is 17.2. The number of hydrogen-bond donors (Lipinski definition) is 1. The van der Waals surface area contributed by atoms with Crippen LogP contribution in [-0.2, 0) is 13.1 Å². The Bertz CT molecular complexity index is 1030. The molecule has 0 spiro atoms. The van der Waals surface area contributed by atoms with Crippen LogP contribution in [0.3, 0.4) is 0 Å². The molecule has 0 unspecified atom stereocenters. The molecule has 1 heterocycles. The largest absolute Gasteiger partial charge is 0.363 e. The van der Waals surface area contributed by atoms with Gasteiger partial charge in [-0.2, -0.15) is 5.10 Å². The van der Waals surface area contributed by atoms with E-state index in [2.05, 4.69) is 43.5 Å². The fraction of sp³-hybridized carbons (Fsp3) is 0.0909. The van der Waals surface area contributed by atoms with E-state index in [1.165, 1.54) is 5.56 Å². The van der Waals surface area contributed by atoms with Crippen LogP contribution in [0.2, 0.25) is 5.02 Å². The second kappa shape index (κ2) is 8.17. The molecule has 0 aliphatic carbocycles. The maximum absolute atomic E-state index is 12.4. The number of nitrogens with one attached hydrogen (secondary N) is 1. The van der Waals surface area contributed by atoms with Crippen molar-refractivity contribution in [2.45, 2.75) is 13.1 Å². The molecule has 0 aromatic heterocycles. The quantitative estimate of drug-likeness (QED) is 0.424. The van der Waals surface area contributed by atoms with Crippen LogP contribution in [0.15, 0.2) is 76.3 Å². The molecule has 1 aliphatic rings. The molecule has 0 radical (unpaired) electrons. The van der Waals surface area contributed by atoms with Crippen molar-refractivity contribution in [2.24, 2.45) is 5.10 Å². The third kappa shape index (κ3) is 4.26. The molecule has 1 amide bonds. The molecule has 1 N–H and O–H groups in total. The average molecular weight is 455 g/mol. The van der Waals surface area contributed by atoms with E-state index in [9.17, 15) is 4.79 Å². The molecule has 0 fully saturated rings. The summed E-state index contributed by atoms with van der Waals surface area (Å²) in [5.41, 5.74) is 7.62. The Morgan fingerprint density at radius 1 is 1.00 bits per heavy atom. The van der Waals surface area contributed by atoms with Crippen molar-refractivity contribution in [1.82, 2.24) is 5.43 Å². The van der Waals surface area contributed by atoms with Gasteiger partial charge in [-0.1, -0.05) is 45.7 Å². The van der Waals surface area contributed by atoms with Crippen molar-refractivity contribution in [2.75, 3.05) is 4.90 Å². The minimum Gasteiger partial charge on any atom is -0.363 e. The van der Waals surface area contributed by atoms with Crippen LogP contribution in [-0.4, -0.2) is 12.1 Å². The summed E-state index contributed by atoms with van der Waals surface area (Å²) < 4.78 is 1.06. The van der Waals surface area contributed by atoms with E-state index in [1.54, 1.807) is 18.3 Å². The molecule has 3 aromatic carbocycles. The van der Waals surface area contributed by atoms with E-state index in [4.69, 9.17) is 11.6 Å². The van der Waals surface area contributed by atoms with Crippen LogP contribution >= 0.6 is 27.5 Å². The van der Waals surface area contributed by atoms with Gasteiger partial charge in [0.2, 0.25) is 0 Å². The standard InChI is InChI=1S/C22H17BrClN3O/c23-19-5-9-21(10-6-19)27-13-17-4-3-16(11-18(17)14-27)22(28)26-25-12-15-1-7-20(24)8-2-15/h1-12H,13-14H2,(H,26,28)/b25-12+. The predicted molar refractivity (Wildman–Crippen MR) is 117 cm³/mol. The highest BCUT2D eigenvalue weighted by atomic mass is 79.9. The number of carbonyl (C=O) groups is 1. The van der Waals surface area contributed by atoms with Gasteiger partial charge in [-0.25, -0.2) is 5.43 Å². The second-order valence-electron chi connectivity index (χ2n) is 6.57. The Morgan fingerprint density at radius 2 is 1.71 bits per heavy atom. The van der Waals surface area contributed by atoms with E-state index in [-0.39, 0.29) is 5.91 Å². The van der Waals surface area contributed by atoms with E-state index in [0.29, 0.717) is 10.6 Å². The zero-order chi connectivity index (χ0) is 19.5. The van der Waals surface area contributed by atoms with Gasteiger partial charge >= 0.3 is 0 Å². The molecule has 140 valence electrons. The molecule has 1 aliphatic heterocycles. The van der Waals surface area contributed by atoms with Gasteiger partial charge in [0.1, 0.15) is 0 Å². The van der Waals surface area contributed by atoms with Crippen LogP contribution in [0.25, 0.3) is 0 Å². The summed E-state index contributed by atoms with van der Waals surface area (Å²) in [4.78, 5) is 14.7. The number of fused-ring (bicyclic) bond motifs is 1. The maximum atomic E-state index is 12.4. The van der Waals surface area contributed by atoms with Crippen LogP contribution < -0.4 is 10.3 Å². The van der Waals surface area contributed by atoms with E-state index >= 15 is 0 Å². The average Bonchev–Trinajstić information content (AvgIpc) is 3.13. The number of hydrogen-bond acceptors (Lipinski definition) is 3. The van der Waals surface area contributed by atoms with Crippen LogP contribution in [0.4, 0.5) is 5.69 Å². The molecule has 4 rings (SSSR count). The predicted octanol–water partition coefficient (Wildman–Crippen LogP) is 5.39. The minimum absolute atomic E-state index is 0.227. The molecular weight excluding hydrogens is 438 g/mol. The highest BCUT2D eigenvalue weighted by molar-refractivity contribution is 9.10. The highest BCUT2D eigenvalue weighted by Gasteiger charge is 2.20. The third-order valence-electron chi connectivity index (χ3n) is 4.63. The van der Waals surface area contributed by atoms with E-state index in [1.807, 2.05) is 42.5 Å². The third-order valence-corrected chi connectivity index (χ3v) is 5.41. The first-order valence-corrected chi connectivity index (χ1v) is 9.97. The lowest BCUT2D eigenvalue weighted by atomic mass is 10.1. The molecule has 6 heteroatoms. The minimum atomic E-state index is -0.227. The van der Waals surface area contributed by atoms with Gasteiger partial charge in [0.25, 0.3) is 5.91 Å². The number of rotatable bonds is 4. The Labute approximate surface area is 177 Å². The number of amides is 1. The lowest BCUT2D eigenvalue weighted by Crippen LogP contribution is -2.17. The first kappa shape index (κ1) is 18.7. The number of nitrogens with zero attached hydrogens (tertiary/aromatic N) is 2. The Hall–Kier alpha value is -2.63. The lowest BCUT2D eigenvalue weighted by Gasteiger charge is -2.17. The number of benzene rings is 3. The van der Waals surface area contributed by atoms with Gasteiger partial charge in [-0.3, -0.25) is 4.79 Å². The van der Waals surface area contributed by atoms with Crippen molar-refractivity contribution in [3.8, 4) is 0 Å². The maximum Gasteiger partial charge on any atom is 0.271 e. The Morgan fingerprint density at radius 3 is 2.46 bits per heavy atom. The fourth-order valence-electron chi connectivity index (χ4n) is 3.15. The van der Waals surface area contributed by atoms with Crippen molar-refractivity contribution < 1.29 is 4.79 Å². The van der Waals surface area contributed by atoms with Gasteiger partial charge in [0.05, 0.1) is 6.21 Å². The summed E-state index contributed by atoms with van der Waals surface area (Å²) in [5, 5.41) is 4.69. The SMILES string of the molecule is O=C(N/N=C/c1ccc(Cl)cc1)c1ccc2c(c1)CN(c1ccc(Br)cc1)C2. The highest BCUT2D eigenvalue weighted by Crippen LogP contribution is 2.29. The molecule has 0 saturated carbocycles. The zero-order valence-electron chi connectivity index (χ0n) is 14.9. The summed E-state index contributed by atoms with van der Waals surface area (Å²) in [6.07, 6.45) is 1.59. The van der Waals surface area contributed by atoms with E-state index in [0.717, 1.165) is 34.4 Å². The first-order valence-electron chi connectivity index (χ1n) is 8.80. The summed E-state index contributed by atoms with van der Waals surface area (Å²) in [6.45, 7) is 1.62. The van der Waals surface area contributed by atoms with Crippen LogP contribution in [0, 0.1) is 0 Å². The number of anilines is 1. The van der Waals surface area contributed by atoms with Gasteiger partial charge in [0.15, 0.2) is 0 Å². The molecule has 28 heavy (non-hydrogen) atoms.